The van der Waals surface area contributed by atoms with Gasteiger partial charge in [-0.3, -0.25) is 4.90 Å². The van der Waals surface area contributed by atoms with Crippen molar-refractivity contribution >= 4 is 11.8 Å². The number of piperazine rings is 1. The topological polar surface area (TPSA) is 15.3 Å². The van der Waals surface area contributed by atoms with Gasteiger partial charge in [-0.2, -0.15) is 0 Å². The van der Waals surface area contributed by atoms with Gasteiger partial charge in [0.05, 0.1) is 4.90 Å². The number of hydrogen-bond donors (Lipinski definition) is 1. The molecule has 0 saturated carbocycles. The normalized spacial score (nSPS) is 17.4. The maximum atomic E-state index is 13.6. The first-order chi connectivity index (χ1) is 8.20. The Hall–Kier alpha value is -0.650. The van der Waals surface area contributed by atoms with Crippen molar-refractivity contribution in [3.63, 3.8) is 0 Å². The molecule has 5 heteroatoms. The maximum absolute atomic E-state index is 13.6. The van der Waals surface area contributed by atoms with Crippen LogP contribution < -0.4 is 5.32 Å². The van der Waals surface area contributed by atoms with Crippen LogP contribution in [-0.2, 0) is 6.54 Å². The molecule has 1 aliphatic heterocycles. The van der Waals surface area contributed by atoms with Gasteiger partial charge in [-0.25, -0.2) is 8.78 Å². The average molecular weight is 258 g/mol. The highest BCUT2D eigenvalue weighted by molar-refractivity contribution is 7.98. The number of halogens is 2. The zero-order valence-corrected chi connectivity index (χ0v) is 10.6. The highest BCUT2D eigenvalue weighted by atomic mass is 32.2. The highest BCUT2D eigenvalue weighted by Gasteiger charge is 2.14. The Bertz CT molecular complexity index is 369. The summed E-state index contributed by atoms with van der Waals surface area (Å²) in [6.07, 6.45) is 1.68. The van der Waals surface area contributed by atoms with Gasteiger partial charge in [0.25, 0.3) is 0 Å². The van der Waals surface area contributed by atoms with Crippen molar-refractivity contribution in [2.24, 2.45) is 0 Å². The molecule has 1 fully saturated rings. The number of rotatable bonds is 3. The second kappa shape index (κ2) is 5.80. The highest BCUT2D eigenvalue weighted by Crippen LogP contribution is 2.24. The lowest BCUT2D eigenvalue weighted by molar-refractivity contribution is 0.232. The van der Waals surface area contributed by atoms with Gasteiger partial charge in [-0.15, -0.1) is 11.8 Å². The van der Waals surface area contributed by atoms with Crippen LogP contribution >= 0.6 is 11.8 Å². The van der Waals surface area contributed by atoms with Crippen LogP contribution in [0, 0.1) is 11.6 Å². The molecule has 0 bridgehead atoms. The summed E-state index contributed by atoms with van der Waals surface area (Å²) in [5.74, 6) is -0.912. The predicted octanol–water partition coefficient (Wildman–Crippen LogP) is 2.09. The molecule has 0 amide bonds. The largest absolute Gasteiger partial charge is 0.314 e. The fraction of sp³-hybridized carbons (Fsp3) is 0.500. The van der Waals surface area contributed by atoms with Crippen molar-refractivity contribution in [2.45, 2.75) is 11.4 Å². The first-order valence-electron chi connectivity index (χ1n) is 5.65. The van der Waals surface area contributed by atoms with E-state index in [0.717, 1.165) is 37.9 Å². The Morgan fingerprint density at radius 1 is 1.24 bits per heavy atom. The Balaban J connectivity index is 2.10. The van der Waals surface area contributed by atoms with E-state index in [0.29, 0.717) is 12.1 Å². The summed E-state index contributed by atoms with van der Waals surface area (Å²) in [7, 11) is 0. The molecule has 94 valence electrons. The van der Waals surface area contributed by atoms with Gasteiger partial charge < -0.3 is 5.32 Å². The van der Waals surface area contributed by atoms with Crippen molar-refractivity contribution in [2.75, 3.05) is 32.4 Å². The number of nitrogens with one attached hydrogen (secondary N) is 1. The number of benzene rings is 1. The molecule has 0 unspecified atom stereocenters. The Labute approximate surface area is 104 Å². The van der Waals surface area contributed by atoms with Crippen LogP contribution in [0.3, 0.4) is 0 Å². The second-order valence-electron chi connectivity index (χ2n) is 4.12. The molecule has 0 atom stereocenters. The molecule has 0 aromatic heterocycles. The number of nitrogens with zero attached hydrogens (tertiary/aromatic N) is 1. The second-order valence-corrected chi connectivity index (χ2v) is 4.94. The van der Waals surface area contributed by atoms with E-state index in [1.54, 1.807) is 6.26 Å². The number of thioether (sulfide) groups is 1. The van der Waals surface area contributed by atoms with Crippen molar-refractivity contribution in [1.29, 1.82) is 0 Å². The van der Waals surface area contributed by atoms with Gasteiger partial charge in [0, 0.05) is 32.7 Å². The van der Waals surface area contributed by atoms with Crippen molar-refractivity contribution < 1.29 is 8.78 Å². The lowest BCUT2D eigenvalue weighted by Gasteiger charge is -2.27. The Kier molecular flexibility index (Phi) is 4.36. The minimum Gasteiger partial charge on any atom is -0.314 e. The summed E-state index contributed by atoms with van der Waals surface area (Å²) in [6.45, 7) is 4.34. The van der Waals surface area contributed by atoms with Crippen molar-refractivity contribution in [3.05, 3.63) is 29.3 Å². The molecule has 1 aromatic carbocycles. The van der Waals surface area contributed by atoms with Gasteiger partial charge in [-0.05, 0) is 24.0 Å². The van der Waals surface area contributed by atoms with Crippen molar-refractivity contribution in [3.8, 4) is 0 Å². The van der Waals surface area contributed by atoms with E-state index in [1.807, 2.05) is 0 Å². The van der Waals surface area contributed by atoms with E-state index in [2.05, 4.69) is 10.2 Å². The van der Waals surface area contributed by atoms with Gasteiger partial charge >= 0.3 is 0 Å². The smallest absolute Gasteiger partial charge is 0.140 e. The molecule has 17 heavy (non-hydrogen) atoms. The quantitative estimate of drug-likeness (QED) is 0.836. The summed E-state index contributed by atoms with van der Waals surface area (Å²) in [5.41, 5.74) is 0.708. The minimum absolute atomic E-state index is 0.106. The fourth-order valence-electron chi connectivity index (χ4n) is 2.03. The monoisotopic (exact) mass is 258 g/mol. The van der Waals surface area contributed by atoms with Crippen LogP contribution in [0.4, 0.5) is 8.78 Å². The summed E-state index contributed by atoms with van der Waals surface area (Å²) in [6, 6.07) is 2.88. The molecule has 0 aliphatic carbocycles. The van der Waals surface area contributed by atoms with Gasteiger partial charge in [-0.1, -0.05) is 0 Å². The third-order valence-electron chi connectivity index (χ3n) is 2.88. The average Bonchev–Trinajstić information content (AvgIpc) is 2.30. The molecule has 1 N–H and O–H groups in total. The SMILES string of the molecule is CSc1c(F)cc(CN2CCNCC2)cc1F. The van der Waals surface area contributed by atoms with Crippen molar-refractivity contribution in [1.82, 2.24) is 10.2 Å². The van der Waals surface area contributed by atoms with E-state index in [4.69, 9.17) is 0 Å². The van der Waals surface area contributed by atoms with E-state index in [9.17, 15) is 8.78 Å². The van der Waals surface area contributed by atoms with Crippen LogP contribution in [0.2, 0.25) is 0 Å². The summed E-state index contributed by atoms with van der Waals surface area (Å²) in [5, 5.41) is 3.25. The zero-order chi connectivity index (χ0) is 12.3. The molecule has 0 radical (unpaired) electrons. The lowest BCUT2D eigenvalue weighted by atomic mass is 10.2. The molecule has 1 heterocycles. The van der Waals surface area contributed by atoms with E-state index in [-0.39, 0.29) is 4.90 Å². The number of hydrogen-bond acceptors (Lipinski definition) is 3. The maximum Gasteiger partial charge on any atom is 0.140 e. The molecule has 0 spiro atoms. The van der Waals surface area contributed by atoms with Gasteiger partial charge in [0.2, 0.25) is 0 Å². The van der Waals surface area contributed by atoms with E-state index < -0.39 is 11.6 Å². The van der Waals surface area contributed by atoms with Crippen LogP contribution in [0.15, 0.2) is 17.0 Å². The van der Waals surface area contributed by atoms with Crippen LogP contribution in [0.1, 0.15) is 5.56 Å². The third kappa shape index (κ3) is 3.18. The molecular weight excluding hydrogens is 242 g/mol. The van der Waals surface area contributed by atoms with Crippen LogP contribution in [0.25, 0.3) is 0 Å². The van der Waals surface area contributed by atoms with E-state index >= 15 is 0 Å². The standard InChI is InChI=1S/C12H16F2N2S/c1-17-12-10(13)6-9(7-11(12)14)8-16-4-2-15-3-5-16/h6-7,15H,2-5,8H2,1H3. The Morgan fingerprint density at radius 2 is 1.82 bits per heavy atom. The summed E-state index contributed by atoms with van der Waals surface area (Å²) >= 11 is 1.10. The predicted molar refractivity (Wildman–Crippen MR) is 66.3 cm³/mol. The van der Waals surface area contributed by atoms with Crippen LogP contribution in [0.5, 0.6) is 0 Å². The Morgan fingerprint density at radius 3 is 2.35 bits per heavy atom. The molecule has 1 aromatic rings. The van der Waals surface area contributed by atoms with Gasteiger partial charge in [0.15, 0.2) is 0 Å². The molecule has 2 nitrogen and oxygen atoms in total. The molecule has 1 aliphatic rings. The minimum atomic E-state index is -0.456. The first-order valence-corrected chi connectivity index (χ1v) is 6.88. The molecule has 2 rings (SSSR count). The van der Waals surface area contributed by atoms with Crippen LogP contribution in [-0.4, -0.2) is 37.3 Å². The first kappa shape index (κ1) is 12.8. The molecule has 1 saturated heterocycles. The summed E-state index contributed by atoms with van der Waals surface area (Å²) < 4.78 is 27.1. The van der Waals surface area contributed by atoms with E-state index in [1.165, 1.54) is 12.1 Å². The lowest BCUT2D eigenvalue weighted by Crippen LogP contribution is -2.42. The molecular formula is C12H16F2N2S. The summed E-state index contributed by atoms with van der Waals surface area (Å²) in [4.78, 5) is 2.30. The van der Waals surface area contributed by atoms with Gasteiger partial charge in [0.1, 0.15) is 11.6 Å². The zero-order valence-electron chi connectivity index (χ0n) is 9.80. The fourth-order valence-corrected chi connectivity index (χ4v) is 2.53. The third-order valence-corrected chi connectivity index (χ3v) is 3.68.